The molecule has 0 aromatic carbocycles. The first-order chi connectivity index (χ1) is 7.14. The summed E-state index contributed by atoms with van der Waals surface area (Å²) in [5.74, 6) is 0. The van der Waals surface area contributed by atoms with Gasteiger partial charge in [0.15, 0.2) is 0 Å². The van der Waals surface area contributed by atoms with Crippen LogP contribution >= 0.6 is 15.9 Å². The Balaban J connectivity index is 0.00000106. The van der Waals surface area contributed by atoms with Crippen molar-refractivity contribution in [3.63, 3.8) is 0 Å². The fraction of sp³-hybridized carbons (Fsp3) is 0.667. The molecule has 94 valence electrons. The summed E-state index contributed by atoms with van der Waals surface area (Å²) < 4.78 is 37.1. The van der Waals surface area contributed by atoms with Crippen LogP contribution in [0.15, 0.2) is 4.60 Å². The number of aromatic nitrogens is 2. The van der Waals surface area contributed by atoms with Crippen LogP contribution in [-0.4, -0.2) is 15.3 Å². The molecule has 0 spiro atoms. The largest absolute Gasteiger partial charge is 0.433 e. The lowest BCUT2D eigenvalue weighted by atomic mass is 9.99. The minimum atomic E-state index is -4.55. The minimum absolute atomic E-state index is 0.0303. The maximum atomic E-state index is 12.4. The van der Waals surface area contributed by atoms with Crippen LogP contribution < -0.4 is 0 Å². The predicted octanol–water partition coefficient (Wildman–Crippen LogP) is 3.44. The summed E-state index contributed by atoms with van der Waals surface area (Å²) in [5.41, 5.74) is -2.92. The zero-order chi connectivity index (χ0) is 13.1. The quantitative estimate of drug-likeness (QED) is 0.835. The number of nitrogens with one attached hydrogen (secondary N) is 1. The number of H-pyrrole nitrogens is 1. The number of halogens is 4. The van der Waals surface area contributed by atoms with Crippen molar-refractivity contribution < 1.29 is 18.3 Å². The summed E-state index contributed by atoms with van der Waals surface area (Å²) in [6.07, 6.45) is -4.55. The molecule has 3 nitrogen and oxygen atoms in total. The monoisotopic (exact) mass is 302 g/mol. The number of hydrogen-bond donors (Lipinski definition) is 2. The van der Waals surface area contributed by atoms with Gasteiger partial charge in [-0.3, -0.25) is 5.10 Å². The summed E-state index contributed by atoms with van der Waals surface area (Å²) in [6.45, 7) is 6.52. The third-order valence-corrected chi connectivity index (χ3v) is 2.19. The first-order valence-corrected chi connectivity index (χ1v) is 5.47. The Morgan fingerprint density at radius 2 is 1.69 bits per heavy atom. The van der Waals surface area contributed by atoms with Crippen LogP contribution in [0.4, 0.5) is 13.2 Å². The number of nitrogens with zero attached hydrogens (tertiary/aromatic N) is 1. The maximum absolute atomic E-state index is 12.4. The van der Waals surface area contributed by atoms with E-state index in [4.69, 9.17) is 0 Å². The third-order valence-electron chi connectivity index (χ3n) is 1.62. The standard InChI is InChI=1S/C7H8BrF3N2O.C2H6/c1-6(2,14)3-4(7(9,10)11)12-13-5(3)8;1-2/h14H,1-2H3,(H,12,13);1-2H3. The summed E-state index contributed by atoms with van der Waals surface area (Å²) in [5, 5.41) is 14.7. The van der Waals surface area contributed by atoms with Gasteiger partial charge < -0.3 is 5.11 Å². The lowest BCUT2D eigenvalue weighted by Crippen LogP contribution is -2.21. The maximum Gasteiger partial charge on any atom is 0.433 e. The van der Waals surface area contributed by atoms with Crippen LogP contribution in [0.3, 0.4) is 0 Å². The Labute approximate surface area is 100 Å². The van der Waals surface area contributed by atoms with Gasteiger partial charge in [-0.15, -0.1) is 0 Å². The van der Waals surface area contributed by atoms with Crippen molar-refractivity contribution in [3.05, 3.63) is 15.9 Å². The molecule has 0 saturated carbocycles. The Morgan fingerprint density at radius 1 is 1.25 bits per heavy atom. The zero-order valence-corrected chi connectivity index (χ0v) is 11.0. The SMILES string of the molecule is CC.CC(C)(O)c1c(Br)n[nH]c1C(F)(F)F. The second-order valence-electron chi connectivity index (χ2n) is 3.32. The molecular weight excluding hydrogens is 289 g/mol. The Morgan fingerprint density at radius 3 is 1.94 bits per heavy atom. The van der Waals surface area contributed by atoms with E-state index in [2.05, 4.69) is 21.0 Å². The average Bonchev–Trinajstić information content (AvgIpc) is 2.49. The van der Waals surface area contributed by atoms with Crippen molar-refractivity contribution in [2.75, 3.05) is 0 Å². The summed E-state index contributed by atoms with van der Waals surface area (Å²) in [6, 6.07) is 0. The van der Waals surface area contributed by atoms with Gasteiger partial charge in [0.05, 0.1) is 5.60 Å². The molecule has 1 aromatic heterocycles. The number of aromatic amines is 1. The van der Waals surface area contributed by atoms with Crippen LogP contribution in [0.1, 0.15) is 39.0 Å². The first-order valence-electron chi connectivity index (χ1n) is 4.68. The molecule has 1 rings (SSSR count). The van der Waals surface area contributed by atoms with Crippen molar-refractivity contribution in [1.29, 1.82) is 0 Å². The predicted molar refractivity (Wildman–Crippen MR) is 57.9 cm³/mol. The van der Waals surface area contributed by atoms with Crippen molar-refractivity contribution >= 4 is 15.9 Å². The Hall–Kier alpha value is -0.560. The van der Waals surface area contributed by atoms with Gasteiger partial charge in [-0.05, 0) is 29.8 Å². The highest BCUT2D eigenvalue weighted by atomic mass is 79.9. The van der Waals surface area contributed by atoms with Crippen LogP contribution in [0.5, 0.6) is 0 Å². The van der Waals surface area contributed by atoms with Gasteiger partial charge in [-0.1, -0.05) is 13.8 Å². The van der Waals surface area contributed by atoms with Gasteiger partial charge in [0.2, 0.25) is 0 Å². The molecule has 0 saturated heterocycles. The fourth-order valence-corrected chi connectivity index (χ4v) is 1.86. The second-order valence-corrected chi connectivity index (χ2v) is 4.07. The normalized spacial score (nSPS) is 12.1. The summed E-state index contributed by atoms with van der Waals surface area (Å²) >= 11 is 2.84. The molecule has 0 fully saturated rings. The smallest absolute Gasteiger partial charge is 0.386 e. The highest BCUT2D eigenvalue weighted by molar-refractivity contribution is 9.10. The number of hydrogen-bond acceptors (Lipinski definition) is 2. The molecule has 0 aliphatic heterocycles. The van der Waals surface area contributed by atoms with Crippen LogP contribution in [0.25, 0.3) is 0 Å². The third kappa shape index (κ3) is 3.48. The van der Waals surface area contributed by atoms with E-state index in [0.717, 1.165) is 0 Å². The molecule has 0 aliphatic carbocycles. The van der Waals surface area contributed by atoms with E-state index in [1.54, 1.807) is 0 Å². The van der Waals surface area contributed by atoms with Gasteiger partial charge in [-0.25, -0.2) is 0 Å². The molecule has 7 heteroatoms. The Bertz CT molecular complexity index is 342. The van der Waals surface area contributed by atoms with Gasteiger partial charge in [0, 0.05) is 5.56 Å². The molecule has 0 bridgehead atoms. The highest BCUT2D eigenvalue weighted by Gasteiger charge is 2.41. The summed E-state index contributed by atoms with van der Waals surface area (Å²) in [4.78, 5) is 0. The lowest BCUT2D eigenvalue weighted by molar-refractivity contribution is -0.143. The van der Waals surface area contributed by atoms with E-state index in [9.17, 15) is 18.3 Å². The lowest BCUT2D eigenvalue weighted by Gasteiger charge is -2.19. The molecule has 0 radical (unpaired) electrons. The van der Waals surface area contributed by atoms with Crippen molar-refractivity contribution in [1.82, 2.24) is 10.2 Å². The van der Waals surface area contributed by atoms with Crippen molar-refractivity contribution in [2.24, 2.45) is 0 Å². The molecule has 0 atom stereocenters. The van der Waals surface area contributed by atoms with Crippen LogP contribution in [0.2, 0.25) is 0 Å². The zero-order valence-electron chi connectivity index (χ0n) is 9.41. The highest BCUT2D eigenvalue weighted by Crippen LogP contribution is 2.38. The van der Waals surface area contributed by atoms with E-state index >= 15 is 0 Å². The van der Waals surface area contributed by atoms with Gasteiger partial charge in [0.1, 0.15) is 10.3 Å². The minimum Gasteiger partial charge on any atom is -0.386 e. The molecule has 0 amide bonds. The fourth-order valence-electron chi connectivity index (χ4n) is 1.08. The van der Waals surface area contributed by atoms with Gasteiger partial charge >= 0.3 is 6.18 Å². The van der Waals surface area contributed by atoms with Crippen molar-refractivity contribution in [3.8, 4) is 0 Å². The van der Waals surface area contributed by atoms with E-state index in [-0.39, 0.29) is 10.2 Å². The first kappa shape index (κ1) is 15.4. The number of aliphatic hydroxyl groups is 1. The van der Waals surface area contributed by atoms with Crippen LogP contribution in [-0.2, 0) is 11.8 Å². The van der Waals surface area contributed by atoms with E-state index in [1.165, 1.54) is 13.8 Å². The molecule has 16 heavy (non-hydrogen) atoms. The second kappa shape index (κ2) is 5.18. The topological polar surface area (TPSA) is 48.9 Å². The molecule has 1 heterocycles. The van der Waals surface area contributed by atoms with E-state index < -0.39 is 17.5 Å². The molecule has 1 aromatic rings. The molecule has 2 N–H and O–H groups in total. The molecule has 0 aliphatic rings. The Kier molecular flexibility index (Phi) is 5.00. The van der Waals surface area contributed by atoms with Crippen molar-refractivity contribution in [2.45, 2.75) is 39.5 Å². The number of rotatable bonds is 1. The van der Waals surface area contributed by atoms with E-state index in [1.807, 2.05) is 18.9 Å². The summed E-state index contributed by atoms with van der Waals surface area (Å²) in [7, 11) is 0. The van der Waals surface area contributed by atoms with Gasteiger partial charge in [0.25, 0.3) is 0 Å². The molecule has 0 unspecified atom stereocenters. The molecular formula is C9H14BrF3N2O. The van der Waals surface area contributed by atoms with Crippen LogP contribution in [0, 0.1) is 0 Å². The average molecular weight is 303 g/mol. The van der Waals surface area contributed by atoms with Gasteiger partial charge in [-0.2, -0.15) is 18.3 Å². The number of alkyl halides is 3. The van der Waals surface area contributed by atoms with E-state index in [0.29, 0.717) is 0 Å².